The lowest BCUT2D eigenvalue weighted by molar-refractivity contribution is 0.00346. The molecule has 116 valence electrons. The maximum absolute atomic E-state index is 13.0. The van der Waals surface area contributed by atoms with Crippen molar-refractivity contribution in [1.29, 1.82) is 0 Å². The van der Waals surface area contributed by atoms with Crippen LogP contribution in [0.4, 0.5) is 9.18 Å². The highest BCUT2D eigenvalue weighted by Gasteiger charge is 2.19. The third-order valence-electron chi connectivity index (χ3n) is 3.73. The molecular formula is C16H23FN2O2. The molecule has 1 aliphatic rings. The van der Waals surface area contributed by atoms with Crippen LogP contribution in [-0.4, -0.2) is 31.8 Å². The van der Waals surface area contributed by atoms with E-state index >= 15 is 0 Å². The SMILES string of the molecule is C[C@H]1C[C@H](CNC(=O)NCCc2cccc(F)c2)CCO1. The summed E-state index contributed by atoms with van der Waals surface area (Å²) in [5, 5.41) is 5.69. The number of urea groups is 1. The summed E-state index contributed by atoms with van der Waals surface area (Å²) in [5.74, 6) is 0.244. The van der Waals surface area contributed by atoms with Crippen molar-refractivity contribution in [3.8, 4) is 0 Å². The lowest BCUT2D eigenvalue weighted by Gasteiger charge is -2.27. The Morgan fingerprint density at radius 1 is 1.43 bits per heavy atom. The van der Waals surface area contributed by atoms with Crippen molar-refractivity contribution in [2.24, 2.45) is 5.92 Å². The molecule has 1 aromatic rings. The fourth-order valence-electron chi connectivity index (χ4n) is 2.59. The highest BCUT2D eigenvalue weighted by molar-refractivity contribution is 5.73. The van der Waals surface area contributed by atoms with E-state index in [1.54, 1.807) is 6.07 Å². The first-order chi connectivity index (χ1) is 10.1. The van der Waals surface area contributed by atoms with Gasteiger partial charge in [0.1, 0.15) is 5.82 Å². The second kappa shape index (κ2) is 7.98. The van der Waals surface area contributed by atoms with Crippen molar-refractivity contribution >= 4 is 6.03 Å². The fourth-order valence-corrected chi connectivity index (χ4v) is 2.59. The Labute approximate surface area is 125 Å². The monoisotopic (exact) mass is 294 g/mol. The molecule has 1 heterocycles. The minimum atomic E-state index is -0.245. The van der Waals surface area contributed by atoms with E-state index < -0.39 is 0 Å². The molecule has 2 N–H and O–H groups in total. The van der Waals surface area contributed by atoms with Crippen LogP contribution < -0.4 is 10.6 Å². The Hall–Kier alpha value is -1.62. The molecule has 0 radical (unpaired) electrons. The Bertz CT molecular complexity index is 467. The smallest absolute Gasteiger partial charge is 0.314 e. The summed E-state index contributed by atoms with van der Waals surface area (Å²) in [5.41, 5.74) is 0.883. The number of nitrogens with one attached hydrogen (secondary N) is 2. The number of rotatable bonds is 5. The predicted octanol–water partition coefficient (Wildman–Crippen LogP) is 2.48. The number of amides is 2. The van der Waals surface area contributed by atoms with Crippen molar-refractivity contribution in [2.45, 2.75) is 32.3 Å². The standard InChI is InChI=1S/C16H23FN2O2/c1-12-9-14(6-8-21-12)11-19-16(20)18-7-5-13-3-2-4-15(17)10-13/h2-4,10,12,14H,5-9,11H2,1H3,(H2,18,19,20)/t12-,14+/m0/s1. The normalized spacial score (nSPS) is 21.8. The maximum atomic E-state index is 13.0. The van der Waals surface area contributed by atoms with Gasteiger partial charge in [0.05, 0.1) is 6.10 Å². The average molecular weight is 294 g/mol. The minimum absolute atomic E-state index is 0.162. The molecule has 4 nitrogen and oxygen atoms in total. The second-order valence-corrected chi connectivity index (χ2v) is 5.59. The van der Waals surface area contributed by atoms with Crippen LogP contribution in [0.15, 0.2) is 24.3 Å². The first-order valence-electron chi connectivity index (χ1n) is 7.51. The van der Waals surface area contributed by atoms with Gasteiger partial charge in [-0.2, -0.15) is 0 Å². The lowest BCUT2D eigenvalue weighted by Crippen LogP contribution is -2.40. The zero-order valence-corrected chi connectivity index (χ0v) is 12.4. The molecule has 2 atom stereocenters. The predicted molar refractivity (Wildman–Crippen MR) is 79.6 cm³/mol. The molecule has 0 aliphatic carbocycles. The van der Waals surface area contributed by atoms with Gasteiger partial charge >= 0.3 is 6.03 Å². The van der Waals surface area contributed by atoms with Gasteiger partial charge < -0.3 is 15.4 Å². The summed E-state index contributed by atoms with van der Waals surface area (Å²) in [6, 6.07) is 6.27. The van der Waals surface area contributed by atoms with Gasteiger partial charge in [-0.15, -0.1) is 0 Å². The van der Waals surface area contributed by atoms with E-state index in [-0.39, 0.29) is 18.0 Å². The number of benzene rings is 1. The zero-order valence-electron chi connectivity index (χ0n) is 12.4. The molecular weight excluding hydrogens is 271 g/mol. The molecule has 0 unspecified atom stereocenters. The average Bonchev–Trinajstić information content (AvgIpc) is 2.45. The Morgan fingerprint density at radius 3 is 3.05 bits per heavy atom. The Morgan fingerprint density at radius 2 is 2.29 bits per heavy atom. The molecule has 1 fully saturated rings. The van der Waals surface area contributed by atoms with Gasteiger partial charge in [-0.3, -0.25) is 0 Å². The van der Waals surface area contributed by atoms with Gasteiger partial charge in [0.2, 0.25) is 0 Å². The van der Waals surface area contributed by atoms with Crippen LogP contribution in [0.1, 0.15) is 25.3 Å². The Balaban J connectivity index is 1.61. The number of hydrogen-bond donors (Lipinski definition) is 2. The topological polar surface area (TPSA) is 50.4 Å². The fraction of sp³-hybridized carbons (Fsp3) is 0.562. The van der Waals surface area contributed by atoms with Crippen LogP contribution in [0, 0.1) is 11.7 Å². The molecule has 2 rings (SSSR count). The van der Waals surface area contributed by atoms with E-state index in [9.17, 15) is 9.18 Å². The molecule has 1 aromatic carbocycles. The molecule has 2 amide bonds. The summed E-state index contributed by atoms with van der Waals surface area (Å²) >= 11 is 0. The van der Waals surface area contributed by atoms with Crippen molar-refractivity contribution in [3.05, 3.63) is 35.6 Å². The number of carbonyl (C=O) groups is 1. The van der Waals surface area contributed by atoms with Gasteiger partial charge in [-0.1, -0.05) is 12.1 Å². The number of halogens is 1. The van der Waals surface area contributed by atoms with E-state index in [2.05, 4.69) is 17.6 Å². The van der Waals surface area contributed by atoms with E-state index in [1.165, 1.54) is 12.1 Å². The van der Waals surface area contributed by atoms with Crippen molar-refractivity contribution in [3.63, 3.8) is 0 Å². The third-order valence-corrected chi connectivity index (χ3v) is 3.73. The van der Waals surface area contributed by atoms with Gasteiger partial charge in [-0.25, -0.2) is 9.18 Å². The van der Waals surface area contributed by atoms with Crippen molar-refractivity contribution in [2.75, 3.05) is 19.7 Å². The van der Waals surface area contributed by atoms with Crippen molar-refractivity contribution in [1.82, 2.24) is 10.6 Å². The second-order valence-electron chi connectivity index (χ2n) is 5.59. The van der Waals surface area contributed by atoms with Crippen LogP contribution in [0.5, 0.6) is 0 Å². The molecule has 0 bridgehead atoms. The van der Waals surface area contributed by atoms with Crippen LogP contribution in [0.3, 0.4) is 0 Å². The van der Waals surface area contributed by atoms with E-state index in [0.717, 1.165) is 25.0 Å². The largest absolute Gasteiger partial charge is 0.378 e. The van der Waals surface area contributed by atoms with Crippen LogP contribution in [0.25, 0.3) is 0 Å². The van der Waals surface area contributed by atoms with Gasteiger partial charge in [0.25, 0.3) is 0 Å². The summed E-state index contributed by atoms with van der Waals surface area (Å²) in [6.07, 6.45) is 2.89. The molecule has 0 spiro atoms. The lowest BCUT2D eigenvalue weighted by atomic mass is 9.96. The van der Waals surface area contributed by atoms with Crippen LogP contribution >= 0.6 is 0 Å². The van der Waals surface area contributed by atoms with E-state index in [1.807, 2.05) is 6.07 Å². The number of hydrogen-bond acceptors (Lipinski definition) is 2. The van der Waals surface area contributed by atoms with Gasteiger partial charge in [-0.05, 0) is 49.8 Å². The zero-order chi connectivity index (χ0) is 15.1. The molecule has 5 heteroatoms. The van der Waals surface area contributed by atoms with Crippen LogP contribution in [-0.2, 0) is 11.2 Å². The molecule has 0 aromatic heterocycles. The molecule has 1 aliphatic heterocycles. The van der Waals surface area contributed by atoms with E-state index in [0.29, 0.717) is 25.4 Å². The summed E-state index contributed by atoms with van der Waals surface area (Å²) in [6.45, 7) is 4.01. The highest BCUT2D eigenvalue weighted by Crippen LogP contribution is 2.18. The number of ether oxygens (including phenoxy) is 1. The van der Waals surface area contributed by atoms with Gasteiger partial charge in [0, 0.05) is 19.7 Å². The number of carbonyl (C=O) groups excluding carboxylic acids is 1. The van der Waals surface area contributed by atoms with Gasteiger partial charge in [0.15, 0.2) is 0 Å². The van der Waals surface area contributed by atoms with Crippen LogP contribution in [0.2, 0.25) is 0 Å². The quantitative estimate of drug-likeness (QED) is 0.876. The summed E-state index contributed by atoms with van der Waals surface area (Å²) in [7, 11) is 0. The summed E-state index contributed by atoms with van der Waals surface area (Å²) in [4.78, 5) is 11.7. The first-order valence-corrected chi connectivity index (χ1v) is 7.51. The highest BCUT2D eigenvalue weighted by atomic mass is 19.1. The van der Waals surface area contributed by atoms with Crippen molar-refractivity contribution < 1.29 is 13.9 Å². The Kier molecular flexibility index (Phi) is 5.99. The summed E-state index contributed by atoms with van der Waals surface area (Å²) < 4.78 is 18.5. The third kappa shape index (κ3) is 5.71. The minimum Gasteiger partial charge on any atom is -0.378 e. The molecule has 21 heavy (non-hydrogen) atoms. The van der Waals surface area contributed by atoms with E-state index in [4.69, 9.17) is 4.74 Å². The first kappa shape index (κ1) is 15.8. The molecule has 0 saturated carbocycles. The molecule has 1 saturated heterocycles. The maximum Gasteiger partial charge on any atom is 0.314 e.